The molecule has 6 heteroatoms. The lowest BCUT2D eigenvalue weighted by atomic mass is 9.69. The molecule has 3 fully saturated rings. The first kappa shape index (κ1) is 23.8. The molecule has 6 atom stereocenters. The van der Waals surface area contributed by atoms with Crippen LogP contribution in [-0.4, -0.2) is 37.7 Å². The topological polar surface area (TPSA) is 78.9 Å². The van der Waals surface area contributed by atoms with E-state index in [9.17, 15) is 14.4 Å². The Morgan fingerprint density at radius 1 is 0.871 bits per heavy atom. The van der Waals surface area contributed by atoms with Gasteiger partial charge in [0, 0.05) is 5.57 Å². The van der Waals surface area contributed by atoms with Crippen LogP contribution in [0, 0.1) is 46.8 Å². The van der Waals surface area contributed by atoms with Crippen molar-refractivity contribution in [3.8, 4) is 0 Å². The number of hydrogen-bond donors (Lipinski definition) is 0. The van der Waals surface area contributed by atoms with E-state index in [4.69, 9.17) is 14.2 Å². The Kier molecular flexibility index (Phi) is 7.17. The molecule has 31 heavy (non-hydrogen) atoms. The number of rotatable bonds is 8. The standard InChI is InChI=1S/C25H38O6/c1-7-29-23(27)25(24(28)30-8-2)11-19-20(12-25)21(19)17(6)22(26)31-13-18-10-9-14(3)15(4)16(18)5/h14-16,18-21H,6-13H2,1-5H3. The Balaban J connectivity index is 1.55. The lowest BCUT2D eigenvalue weighted by Crippen LogP contribution is -2.41. The van der Waals surface area contributed by atoms with Gasteiger partial charge in [-0.2, -0.15) is 0 Å². The van der Waals surface area contributed by atoms with Crippen molar-refractivity contribution in [3.05, 3.63) is 12.2 Å². The number of carbonyl (C=O) groups excluding carboxylic acids is 3. The second-order valence-electron chi connectivity index (χ2n) is 9.94. The van der Waals surface area contributed by atoms with Crippen LogP contribution in [0.1, 0.15) is 60.3 Å². The Hall–Kier alpha value is -1.85. The van der Waals surface area contributed by atoms with Crippen LogP contribution in [-0.2, 0) is 28.6 Å². The van der Waals surface area contributed by atoms with Gasteiger partial charge in [-0.3, -0.25) is 9.59 Å². The minimum Gasteiger partial charge on any atom is -0.465 e. The number of ether oxygens (including phenoxy) is 3. The molecular weight excluding hydrogens is 396 g/mol. The third-order valence-electron chi connectivity index (χ3n) is 8.39. The molecule has 3 rings (SSSR count). The van der Waals surface area contributed by atoms with Gasteiger partial charge in [-0.05, 0) is 74.5 Å². The highest BCUT2D eigenvalue weighted by atomic mass is 16.6. The average molecular weight is 435 g/mol. The van der Waals surface area contributed by atoms with Crippen LogP contribution in [0.25, 0.3) is 0 Å². The first-order valence-corrected chi connectivity index (χ1v) is 11.9. The molecule has 0 spiro atoms. The Bertz CT molecular complexity index is 696. The van der Waals surface area contributed by atoms with Gasteiger partial charge in [-0.15, -0.1) is 0 Å². The van der Waals surface area contributed by atoms with Crippen LogP contribution in [0.2, 0.25) is 0 Å². The molecule has 3 saturated carbocycles. The SMILES string of the molecule is C=C(C(=O)OCC1CCC(C)C(C)C1C)C1C2CC(C(=O)OCC)(C(=O)OCC)CC21. The van der Waals surface area contributed by atoms with Crippen molar-refractivity contribution >= 4 is 17.9 Å². The summed E-state index contributed by atoms with van der Waals surface area (Å²) in [5.41, 5.74) is -0.770. The highest BCUT2D eigenvalue weighted by Gasteiger charge is 2.69. The van der Waals surface area contributed by atoms with Crippen LogP contribution in [0.15, 0.2) is 12.2 Å². The maximum absolute atomic E-state index is 12.7. The van der Waals surface area contributed by atoms with Crippen molar-refractivity contribution in [2.45, 2.75) is 60.3 Å². The molecule has 0 aromatic rings. The summed E-state index contributed by atoms with van der Waals surface area (Å²) in [4.78, 5) is 37.8. The normalized spacial score (nSPS) is 35.6. The monoisotopic (exact) mass is 434 g/mol. The quantitative estimate of drug-likeness (QED) is 0.247. The molecule has 0 bridgehead atoms. The summed E-state index contributed by atoms with van der Waals surface area (Å²) in [5, 5.41) is 0. The van der Waals surface area contributed by atoms with Crippen molar-refractivity contribution in [1.82, 2.24) is 0 Å². The number of carbonyl (C=O) groups is 3. The molecule has 0 heterocycles. The molecule has 6 unspecified atom stereocenters. The van der Waals surface area contributed by atoms with Crippen LogP contribution < -0.4 is 0 Å². The third-order valence-corrected chi connectivity index (χ3v) is 8.39. The molecule has 0 saturated heterocycles. The van der Waals surface area contributed by atoms with E-state index in [2.05, 4.69) is 27.4 Å². The highest BCUT2D eigenvalue weighted by Crippen LogP contribution is 2.66. The maximum atomic E-state index is 12.7. The molecular formula is C25H38O6. The van der Waals surface area contributed by atoms with E-state index in [1.54, 1.807) is 13.8 Å². The second-order valence-corrected chi connectivity index (χ2v) is 9.94. The Labute approximate surface area is 186 Å². The maximum Gasteiger partial charge on any atom is 0.333 e. The molecule has 3 aliphatic rings. The predicted molar refractivity (Wildman–Crippen MR) is 116 cm³/mol. The molecule has 174 valence electrons. The molecule has 0 radical (unpaired) electrons. The van der Waals surface area contributed by atoms with E-state index >= 15 is 0 Å². The van der Waals surface area contributed by atoms with Crippen molar-refractivity contribution in [1.29, 1.82) is 0 Å². The Morgan fingerprint density at radius 2 is 1.42 bits per heavy atom. The van der Waals surface area contributed by atoms with Crippen molar-refractivity contribution < 1.29 is 28.6 Å². The van der Waals surface area contributed by atoms with Crippen molar-refractivity contribution in [3.63, 3.8) is 0 Å². The predicted octanol–water partition coefficient (Wildman–Crippen LogP) is 4.17. The van der Waals surface area contributed by atoms with Crippen LogP contribution in [0.3, 0.4) is 0 Å². The molecule has 0 aliphatic heterocycles. The van der Waals surface area contributed by atoms with Crippen molar-refractivity contribution in [2.24, 2.45) is 46.8 Å². The molecule has 0 N–H and O–H groups in total. The van der Waals surface area contributed by atoms with Gasteiger partial charge >= 0.3 is 17.9 Å². The minimum atomic E-state index is -1.24. The third kappa shape index (κ3) is 4.40. The first-order chi connectivity index (χ1) is 14.7. The van der Waals surface area contributed by atoms with Crippen LogP contribution >= 0.6 is 0 Å². The van der Waals surface area contributed by atoms with E-state index in [0.717, 1.165) is 6.42 Å². The summed E-state index contributed by atoms with van der Waals surface area (Å²) < 4.78 is 16.0. The van der Waals surface area contributed by atoms with Gasteiger partial charge in [0.1, 0.15) is 0 Å². The largest absolute Gasteiger partial charge is 0.465 e. The van der Waals surface area contributed by atoms with E-state index in [1.165, 1.54) is 6.42 Å². The van der Waals surface area contributed by atoms with Gasteiger partial charge in [-0.25, -0.2) is 4.79 Å². The zero-order valence-electron chi connectivity index (χ0n) is 19.6. The van der Waals surface area contributed by atoms with Gasteiger partial charge < -0.3 is 14.2 Å². The smallest absolute Gasteiger partial charge is 0.333 e. The lowest BCUT2D eigenvalue weighted by Gasteiger charge is -2.38. The van der Waals surface area contributed by atoms with E-state index in [0.29, 0.717) is 48.7 Å². The summed E-state index contributed by atoms with van der Waals surface area (Å²) in [6, 6.07) is 0. The van der Waals surface area contributed by atoms with Crippen molar-refractivity contribution in [2.75, 3.05) is 19.8 Å². The molecule has 3 aliphatic carbocycles. The van der Waals surface area contributed by atoms with Gasteiger partial charge in [0.25, 0.3) is 0 Å². The Morgan fingerprint density at radius 3 is 1.94 bits per heavy atom. The molecule has 0 aromatic carbocycles. The summed E-state index contributed by atoms with van der Waals surface area (Å²) in [5.74, 6) is 1.02. The molecule has 0 aromatic heterocycles. The number of esters is 3. The molecule has 0 amide bonds. The van der Waals surface area contributed by atoms with E-state index < -0.39 is 17.4 Å². The van der Waals surface area contributed by atoms with Gasteiger partial charge in [-0.1, -0.05) is 33.8 Å². The van der Waals surface area contributed by atoms with E-state index in [-0.39, 0.29) is 36.9 Å². The number of fused-ring (bicyclic) bond motifs is 1. The average Bonchev–Trinajstić information content (AvgIpc) is 3.24. The summed E-state index contributed by atoms with van der Waals surface area (Å²) in [7, 11) is 0. The van der Waals surface area contributed by atoms with Gasteiger partial charge in [0.15, 0.2) is 5.41 Å². The fourth-order valence-electron chi connectivity index (χ4n) is 5.96. The van der Waals surface area contributed by atoms with E-state index in [1.807, 2.05) is 0 Å². The van der Waals surface area contributed by atoms with Crippen LogP contribution in [0.5, 0.6) is 0 Å². The lowest BCUT2D eigenvalue weighted by molar-refractivity contribution is -0.172. The zero-order valence-corrected chi connectivity index (χ0v) is 19.6. The fourth-order valence-corrected chi connectivity index (χ4v) is 5.96. The summed E-state index contributed by atoms with van der Waals surface area (Å²) >= 11 is 0. The van der Waals surface area contributed by atoms with Crippen LogP contribution in [0.4, 0.5) is 0 Å². The zero-order chi connectivity index (χ0) is 22.9. The van der Waals surface area contributed by atoms with Gasteiger partial charge in [0.05, 0.1) is 19.8 Å². The second kappa shape index (κ2) is 9.33. The number of hydrogen-bond acceptors (Lipinski definition) is 6. The molecule has 6 nitrogen and oxygen atoms in total. The summed E-state index contributed by atoms with van der Waals surface area (Å²) in [6.45, 7) is 15.2. The first-order valence-electron chi connectivity index (χ1n) is 11.9. The minimum absolute atomic E-state index is 0.0211. The van der Waals surface area contributed by atoms with Gasteiger partial charge in [0.2, 0.25) is 0 Å². The highest BCUT2D eigenvalue weighted by molar-refractivity contribution is 6.01. The summed E-state index contributed by atoms with van der Waals surface area (Å²) in [6.07, 6.45) is 2.96. The fraction of sp³-hybridized carbons (Fsp3) is 0.800.